The molecule has 1 aliphatic rings. The zero-order chi connectivity index (χ0) is 17.9. The molecule has 0 saturated carbocycles. The second kappa shape index (κ2) is 7.11. The molecule has 3 aromatic rings. The number of nitrogens with one attached hydrogen (secondary N) is 1. The van der Waals surface area contributed by atoms with Gasteiger partial charge >= 0.3 is 5.91 Å². The van der Waals surface area contributed by atoms with Crippen LogP contribution in [0.3, 0.4) is 0 Å². The van der Waals surface area contributed by atoms with Crippen LogP contribution in [0, 0.1) is 0 Å². The van der Waals surface area contributed by atoms with Crippen LogP contribution in [0.1, 0.15) is 10.6 Å². The molecular weight excluding hydrogens is 336 g/mol. The fourth-order valence-corrected chi connectivity index (χ4v) is 3.12. The molecule has 1 aromatic carbocycles. The first-order valence-corrected chi connectivity index (χ1v) is 8.45. The minimum absolute atomic E-state index is 0.00110. The van der Waals surface area contributed by atoms with Crippen molar-refractivity contribution in [3.8, 4) is 5.88 Å². The second-order valence-corrected chi connectivity index (χ2v) is 6.12. The van der Waals surface area contributed by atoms with Gasteiger partial charge in [0.1, 0.15) is 13.1 Å². The number of azo groups is 1. The summed E-state index contributed by atoms with van der Waals surface area (Å²) in [7, 11) is 0. The van der Waals surface area contributed by atoms with Crippen molar-refractivity contribution in [3.05, 3.63) is 48.4 Å². The quantitative estimate of drug-likeness (QED) is 0.697. The lowest BCUT2D eigenvalue weighted by molar-refractivity contribution is -0.930. The smallest absolute Gasteiger partial charge is 0.331 e. The Bertz CT molecular complexity index is 940. The number of amides is 1. The number of morpholine rings is 1. The van der Waals surface area contributed by atoms with E-state index >= 15 is 0 Å². The maximum Gasteiger partial charge on any atom is 0.331 e. The van der Waals surface area contributed by atoms with Gasteiger partial charge in [-0.05, 0) is 18.2 Å². The van der Waals surface area contributed by atoms with Crippen LogP contribution in [0.5, 0.6) is 5.88 Å². The van der Waals surface area contributed by atoms with Gasteiger partial charge in [0.25, 0.3) is 0 Å². The average molecular weight is 355 g/mol. The lowest BCUT2D eigenvalue weighted by Crippen LogP contribution is -3.13. The van der Waals surface area contributed by atoms with E-state index in [9.17, 15) is 9.90 Å². The summed E-state index contributed by atoms with van der Waals surface area (Å²) in [6, 6.07) is 10.7. The Morgan fingerprint density at radius 1 is 1.19 bits per heavy atom. The summed E-state index contributed by atoms with van der Waals surface area (Å²) < 4.78 is 12.2. The molecule has 0 spiro atoms. The summed E-state index contributed by atoms with van der Waals surface area (Å²) in [6.07, 6.45) is 1.40. The van der Waals surface area contributed by atoms with Crippen molar-refractivity contribution in [2.75, 3.05) is 26.3 Å². The van der Waals surface area contributed by atoms with Crippen LogP contribution in [-0.2, 0) is 11.4 Å². The van der Waals surface area contributed by atoms with E-state index in [0.717, 1.165) is 24.0 Å². The fraction of sp³-hybridized carbons (Fsp3) is 0.278. The highest BCUT2D eigenvalue weighted by atomic mass is 16.5. The predicted molar refractivity (Wildman–Crippen MR) is 92.7 cm³/mol. The van der Waals surface area contributed by atoms with Crippen molar-refractivity contribution in [2.45, 2.75) is 6.67 Å². The molecule has 1 amide bonds. The average Bonchev–Trinajstić information content (AvgIpc) is 3.29. The summed E-state index contributed by atoms with van der Waals surface area (Å²) in [4.78, 5) is 13.3. The minimum atomic E-state index is -0.593. The van der Waals surface area contributed by atoms with Gasteiger partial charge in [0.05, 0.1) is 25.0 Å². The number of para-hydroxylation sites is 1. The molecule has 1 saturated heterocycles. The van der Waals surface area contributed by atoms with Crippen LogP contribution in [0.2, 0.25) is 0 Å². The van der Waals surface area contributed by atoms with E-state index < -0.39 is 5.91 Å². The van der Waals surface area contributed by atoms with Gasteiger partial charge in [0.2, 0.25) is 5.88 Å². The van der Waals surface area contributed by atoms with Gasteiger partial charge in [-0.3, -0.25) is 9.36 Å². The number of hydrogen-bond donors (Lipinski definition) is 2. The molecule has 0 bridgehead atoms. The number of nitrogens with zero attached hydrogens (tertiary/aromatic N) is 3. The standard InChI is InChI=1S/C18H18N4O4/c23-17(15-6-3-9-26-15)20-19-16-13-4-1-2-5-14(13)22(18(16)24)12-21-7-10-25-11-8-21/h1-6,9,24H,7-8,10-12H2/p+1. The van der Waals surface area contributed by atoms with E-state index in [-0.39, 0.29) is 17.3 Å². The molecule has 1 aliphatic heterocycles. The number of ether oxygens (including phenoxy) is 1. The normalized spacial score (nSPS) is 15.8. The van der Waals surface area contributed by atoms with Gasteiger partial charge in [-0.25, -0.2) is 0 Å². The SMILES string of the molecule is O=C(N=Nc1c(O)n(C[NH+]2CCOCC2)c2ccccc12)c1ccco1. The van der Waals surface area contributed by atoms with Crippen molar-refractivity contribution in [2.24, 2.45) is 10.2 Å². The third-order valence-electron chi connectivity index (χ3n) is 4.47. The first kappa shape index (κ1) is 16.5. The van der Waals surface area contributed by atoms with Crippen LogP contribution in [0.25, 0.3) is 10.9 Å². The number of carbonyl (C=O) groups excluding carboxylic acids is 1. The molecular formula is C18H19N4O4+. The molecule has 2 aromatic heterocycles. The van der Waals surface area contributed by atoms with Crippen molar-refractivity contribution in [1.29, 1.82) is 0 Å². The highest BCUT2D eigenvalue weighted by molar-refractivity contribution is 5.96. The molecule has 134 valence electrons. The molecule has 8 nitrogen and oxygen atoms in total. The maximum absolute atomic E-state index is 12.0. The number of carbonyl (C=O) groups is 1. The van der Waals surface area contributed by atoms with E-state index in [4.69, 9.17) is 9.15 Å². The lowest BCUT2D eigenvalue weighted by atomic mass is 10.2. The van der Waals surface area contributed by atoms with Gasteiger partial charge in [0.15, 0.2) is 18.1 Å². The number of aromatic hydroxyl groups is 1. The molecule has 0 atom stereocenters. The van der Waals surface area contributed by atoms with Gasteiger partial charge in [0, 0.05) is 5.39 Å². The van der Waals surface area contributed by atoms with E-state index in [1.807, 2.05) is 28.8 Å². The summed E-state index contributed by atoms with van der Waals surface area (Å²) >= 11 is 0. The number of benzene rings is 1. The predicted octanol–water partition coefficient (Wildman–Crippen LogP) is 1.74. The van der Waals surface area contributed by atoms with Crippen LogP contribution >= 0.6 is 0 Å². The molecule has 0 unspecified atom stereocenters. The number of fused-ring (bicyclic) bond motifs is 1. The number of furan rings is 1. The van der Waals surface area contributed by atoms with Gasteiger partial charge in [-0.2, -0.15) is 0 Å². The van der Waals surface area contributed by atoms with E-state index in [1.165, 1.54) is 17.2 Å². The molecule has 2 N–H and O–H groups in total. The number of aromatic nitrogens is 1. The van der Waals surface area contributed by atoms with Crippen molar-refractivity contribution < 1.29 is 24.0 Å². The second-order valence-electron chi connectivity index (χ2n) is 6.12. The van der Waals surface area contributed by atoms with Crippen LogP contribution in [-0.4, -0.2) is 41.9 Å². The van der Waals surface area contributed by atoms with Gasteiger partial charge in [-0.15, -0.1) is 10.2 Å². The van der Waals surface area contributed by atoms with Crippen molar-refractivity contribution in [3.63, 3.8) is 0 Å². The first-order chi connectivity index (χ1) is 12.7. The molecule has 1 fully saturated rings. The molecule has 4 rings (SSSR count). The number of quaternary nitrogens is 1. The topological polar surface area (TPSA) is 93.8 Å². The lowest BCUT2D eigenvalue weighted by Gasteiger charge is -2.24. The Labute approximate surface area is 149 Å². The van der Waals surface area contributed by atoms with Crippen LogP contribution < -0.4 is 4.90 Å². The summed E-state index contributed by atoms with van der Waals surface area (Å²) in [5, 5.41) is 19.2. The third kappa shape index (κ3) is 3.12. The number of hydrogen-bond acceptors (Lipinski definition) is 5. The highest BCUT2D eigenvalue weighted by Gasteiger charge is 2.22. The van der Waals surface area contributed by atoms with E-state index in [2.05, 4.69) is 10.2 Å². The largest absolute Gasteiger partial charge is 0.493 e. The Hall–Kier alpha value is -2.97. The van der Waals surface area contributed by atoms with Crippen LogP contribution in [0.15, 0.2) is 57.3 Å². The molecule has 0 radical (unpaired) electrons. The highest BCUT2D eigenvalue weighted by Crippen LogP contribution is 2.38. The maximum atomic E-state index is 12.0. The third-order valence-corrected chi connectivity index (χ3v) is 4.47. The summed E-state index contributed by atoms with van der Waals surface area (Å²) in [6.45, 7) is 3.76. The Balaban J connectivity index is 1.68. The number of rotatable bonds is 4. The zero-order valence-corrected chi connectivity index (χ0v) is 14.1. The molecule has 0 aliphatic carbocycles. The summed E-state index contributed by atoms with van der Waals surface area (Å²) in [5.74, 6) is -0.485. The minimum Gasteiger partial charge on any atom is -0.493 e. The first-order valence-electron chi connectivity index (χ1n) is 8.45. The van der Waals surface area contributed by atoms with Crippen LogP contribution in [0.4, 0.5) is 5.69 Å². The van der Waals surface area contributed by atoms with Crippen molar-refractivity contribution in [1.82, 2.24) is 4.57 Å². The zero-order valence-electron chi connectivity index (χ0n) is 14.1. The van der Waals surface area contributed by atoms with Crippen molar-refractivity contribution >= 4 is 22.5 Å². The van der Waals surface area contributed by atoms with E-state index in [1.54, 1.807) is 6.07 Å². The Morgan fingerprint density at radius 2 is 2.00 bits per heavy atom. The molecule has 26 heavy (non-hydrogen) atoms. The Morgan fingerprint density at radius 3 is 2.77 bits per heavy atom. The molecule has 3 heterocycles. The molecule has 8 heteroatoms. The van der Waals surface area contributed by atoms with Gasteiger partial charge in [-0.1, -0.05) is 18.2 Å². The fourth-order valence-electron chi connectivity index (χ4n) is 3.12. The Kier molecular flexibility index (Phi) is 4.51. The monoisotopic (exact) mass is 355 g/mol. The van der Waals surface area contributed by atoms with Gasteiger partial charge < -0.3 is 19.2 Å². The summed E-state index contributed by atoms with van der Waals surface area (Å²) in [5.41, 5.74) is 1.14. The van der Waals surface area contributed by atoms with E-state index in [0.29, 0.717) is 19.9 Å².